The molecule has 2 aromatic rings. The van der Waals surface area contributed by atoms with Crippen LogP contribution in [0, 0.1) is 6.92 Å². The number of aromatic nitrogens is 1. The molecule has 0 fully saturated rings. The second-order valence-corrected chi connectivity index (χ2v) is 5.31. The number of rotatable bonds is 5. The molecule has 0 spiro atoms. The van der Waals surface area contributed by atoms with E-state index in [1.165, 1.54) is 0 Å². The Bertz CT molecular complexity index is 554. The highest BCUT2D eigenvalue weighted by Gasteiger charge is 2.10. The van der Waals surface area contributed by atoms with Crippen molar-refractivity contribution in [3.63, 3.8) is 0 Å². The van der Waals surface area contributed by atoms with E-state index in [-0.39, 0.29) is 11.8 Å². The van der Waals surface area contributed by atoms with E-state index in [4.69, 9.17) is 4.74 Å². The molecular formula is C14H18N2O2S. The van der Waals surface area contributed by atoms with Gasteiger partial charge >= 0.3 is 0 Å². The summed E-state index contributed by atoms with van der Waals surface area (Å²) in [6.45, 7) is 4.65. The van der Waals surface area contributed by atoms with Crippen molar-refractivity contribution in [2.75, 3.05) is 7.11 Å². The summed E-state index contributed by atoms with van der Waals surface area (Å²) in [6.07, 6.45) is 0. The van der Waals surface area contributed by atoms with Gasteiger partial charge < -0.3 is 15.2 Å². The molecule has 1 aromatic heterocycles. The predicted octanol–water partition coefficient (Wildman–Crippen LogP) is 3.02. The fourth-order valence-corrected chi connectivity index (χ4v) is 2.57. The summed E-state index contributed by atoms with van der Waals surface area (Å²) < 4.78 is 5.06. The molecular weight excluding hydrogens is 260 g/mol. The van der Waals surface area contributed by atoms with Gasteiger partial charge in [0.25, 0.3) is 0 Å². The van der Waals surface area contributed by atoms with Crippen LogP contribution in [0.3, 0.4) is 0 Å². The zero-order chi connectivity index (χ0) is 13.8. The summed E-state index contributed by atoms with van der Waals surface area (Å²) in [7, 11) is 1.58. The Morgan fingerprint density at radius 1 is 1.47 bits per heavy atom. The lowest BCUT2D eigenvalue weighted by molar-refractivity contribution is 0.405. The molecule has 0 aliphatic rings. The minimum absolute atomic E-state index is 0.167. The number of aromatic hydroxyl groups is 1. The summed E-state index contributed by atoms with van der Waals surface area (Å²) in [4.78, 5) is 4.45. The topological polar surface area (TPSA) is 54.4 Å². The Morgan fingerprint density at radius 2 is 2.26 bits per heavy atom. The fraction of sp³-hybridized carbons (Fsp3) is 0.357. The molecule has 0 saturated carbocycles. The minimum Gasteiger partial charge on any atom is -0.507 e. The standard InChI is InChI=1S/C14H18N2O2S/c1-9-8-19-14(16-9)10(2)15-7-11-4-5-12(18-3)6-13(11)17/h4-6,8,10,15,17H,7H2,1-3H3. The van der Waals surface area contributed by atoms with Crippen LogP contribution >= 0.6 is 11.3 Å². The molecule has 2 rings (SSSR count). The van der Waals surface area contributed by atoms with Crippen molar-refractivity contribution >= 4 is 11.3 Å². The smallest absolute Gasteiger partial charge is 0.123 e. The van der Waals surface area contributed by atoms with E-state index in [1.54, 1.807) is 24.5 Å². The first kappa shape index (κ1) is 13.8. The van der Waals surface area contributed by atoms with E-state index in [2.05, 4.69) is 17.2 Å². The van der Waals surface area contributed by atoms with Gasteiger partial charge in [-0.1, -0.05) is 6.07 Å². The molecule has 0 aliphatic heterocycles. The van der Waals surface area contributed by atoms with Crippen LogP contribution in [0.15, 0.2) is 23.6 Å². The number of phenols is 1. The SMILES string of the molecule is COc1ccc(CNC(C)c2nc(C)cs2)c(O)c1. The molecule has 5 heteroatoms. The third-order valence-corrected chi connectivity index (χ3v) is 4.04. The van der Waals surface area contributed by atoms with Crippen LogP contribution in [0.5, 0.6) is 11.5 Å². The van der Waals surface area contributed by atoms with Crippen molar-refractivity contribution in [3.8, 4) is 11.5 Å². The lowest BCUT2D eigenvalue weighted by Crippen LogP contribution is -2.18. The molecule has 1 aromatic carbocycles. The summed E-state index contributed by atoms with van der Waals surface area (Å²) in [5.74, 6) is 0.902. The average molecular weight is 278 g/mol. The van der Waals surface area contributed by atoms with E-state index in [1.807, 2.05) is 24.4 Å². The first-order chi connectivity index (χ1) is 9.10. The molecule has 2 N–H and O–H groups in total. The maximum Gasteiger partial charge on any atom is 0.123 e. The van der Waals surface area contributed by atoms with Gasteiger partial charge in [-0.2, -0.15) is 0 Å². The lowest BCUT2D eigenvalue weighted by Gasteiger charge is -2.12. The molecule has 0 saturated heterocycles. The molecule has 4 nitrogen and oxygen atoms in total. The third kappa shape index (κ3) is 3.45. The Labute approximate surface area is 117 Å². The van der Waals surface area contributed by atoms with Gasteiger partial charge in [0.2, 0.25) is 0 Å². The van der Waals surface area contributed by atoms with Crippen molar-refractivity contribution in [1.82, 2.24) is 10.3 Å². The van der Waals surface area contributed by atoms with Crippen LogP contribution in [-0.2, 0) is 6.54 Å². The number of nitrogens with zero attached hydrogens (tertiary/aromatic N) is 1. The average Bonchev–Trinajstić information content (AvgIpc) is 2.83. The van der Waals surface area contributed by atoms with Gasteiger partial charge in [0, 0.05) is 29.2 Å². The Kier molecular flexibility index (Phi) is 4.39. The Morgan fingerprint density at radius 3 is 2.84 bits per heavy atom. The van der Waals surface area contributed by atoms with Crippen LogP contribution < -0.4 is 10.1 Å². The van der Waals surface area contributed by atoms with E-state index in [0.29, 0.717) is 12.3 Å². The monoisotopic (exact) mass is 278 g/mol. The van der Waals surface area contributed by atoms with Gasteiger partial charge in [0.15, 0.2) is 0 Å². The molecule has 1 atom stereocenters. The molecule has 0 amide bonds. The van der Waals surface area contributed by atoms with Crippen LogP contribution in [-0.4, -0.2) is 17.2 Å². The van der Waals surface area contributed by atoms with Gasteiger partial charge in [-0.05, 0) is 19.9 Å². The number of thiazole rings is 1. The first-order valence-electron chi connectivity index (χ1n) is 6.11. The molecule has 1 heterocycles. The normalized spacial score (nSPS) is 12.4. The number of nitrogens with one attached hydrogen (secondary N) is 1. The molecule has 0 bridgehead atoms. The quantitative estimate of drug-likeness (QED) is 0.882. The van der Waals surface area contributed by atoms with Gasteiger partial charge in [0.05, 0.1) is 13.2 Å². The molecule has 19 heavy (non-hydrogen) atoms. The summed E-state index contributed by atoms with van der Waals surface area (Å²) >= 11 is 1.65. The number of hydrogen-bond donors (Lipinski definition) is 2. The highest BCUT2D eigenvalue weighted by molar-refractivity contribution is 7.09. The van der Waals surface area contributed by atoms with E-state index >= 15 is 0 Å². The van der Waals surface area contributed by atoms with Gasteiger partial charge in [-0.25, -0.2) is 4.98 Å². The molecule has 1 unspecified atom stereocenters. The van der Waals surface area contributed by atoms with Gasteiger partial charge in [-0.3, -0.25) is 0 Å². The zero-order valence-corrected chi connectivity index (χ0v) is 12.1. The predicted molar refractivity (Wildman–Crippen MR) is 76.8 cm³/mol. The summed E-state index contributed by atoms with van der Waals surface area (Å²) in [5, 5.41) is 16.3. The largest absolute Gasteiger partial charge is 0.507 e. The number of methoxy groups -OCH3 is 1. The van der Waals surface area contributed by atoms with Gasteiger partial charge in [-0.15, -0.1) is 11.3 Å². The highest BCUT2D eigenvalue weighted by atomic mass is 32.1. The third-order valence-electron chi connectivity index (χ3n) is 2.90. The van der Waals surface area contributed by atoms with Crippen molar-refractivity contribution in [2.24, 2.45) is 0 Å². The highest BCUT2D eigenvalue weighted by Crippen LogP contribution is 2.24. The molecule has 0 aliphatic carbocycles. The van der Waals surface area contributed by atoms with Crippen LogP contribution in [0.4, 0.5) is 0 Å². The van der Waals surface area contributed by atoms with Crippen molar-refractivity contribution in [3.05, 3.63) is 39.8 Å². The summed E-state index contributed by atoms with van der Waals surface area (Å²) in [6, 6.07) is 5.49. The number of aryl methyl sites for hydroxylation is 1. The number of phenolic OH excluding ortho intramolecular Hbond substituents is 1. The molecule has 0 radical (unpaired) electrons. The number of ether oxygens (including phenoxy) is 1. The first-order valence-corrected chi connectivity index (χ1v) is 6.99. The zero-order valence-electron chi connectivity index (χ0n) is 11.3. The number of benzene rings is 1. The second-order valence-electron chi connectivity index (χ2n) is 4.42. The van der Waals surface area contributed by atoms with E-state index < -0.39 is 0 Å². The Hall–Kier alpha value is -1.59. The number of hydrogen-bond acceptors (Lipinski definition) is 5. The van der Waals surface area contributed by atoms with E-state index in [0.717, 1.165) is 16.3 Å². The second kappa shape index (κ2) is 6.04. The maximum atomic E-state index is 9.88. The minimum atomic E-state index is 0.167. The van der Waals surface area contributed by atoms with Crippen LogP contribution in [0.2, 0.25) is 0 Å². The van der Waals surface area contributed by atoms with E-state index in [9.17, 15) is 5.11 Å². The lowest BCUT2D eigenvalue weighted by atomic mass is 10.2. The summed E-state index contributed by atoms with van der Waals surface area (Å²) in [5.41, 5.74) is 1.89. The van der Waals surface area contributed by atoms with Crippen LogP contribution in [0.1, 0.15) is 29.2 Å². The van der Waals surface area contributed by atoms with Crippen molar-refractivity contribution in [1.29, 1.82) is 0 Å². The maximum absolute atomic E-state index is 9.88. The van der Waals surface area contributed by atoms with Crippen molar-refractivity contribution < 1.29 is 9.84 Å². The Balaban J connectivity index is 1.98. The van der Waals surface area contributed by atoms with Crippen LogP contribution in [0.25, 0.3) is 0 Å². The van der Waals surface area contributed by atoms with Gasteiger partial charge in [0.1, 0.15) is 16.5 Å². The van der Waals surface area contributed by atoms with Crippen molar-refractivity contribution in [2.45, 2.75) is 26.4 Å². The molecule has 102 valence electrons. The fourth-order valence-electron chi connectivity index (χ4n) is 1.74.